The van der Waals surface area contributed by atoms with E-state index < -0.39 is 5.60 Å². The van der Waals surface area contributed by atoms with Gasteiger partial charge in [-0.25, -0.2) is 0 Å². The van der Waals surface area contributed by atoms with Gasteiger partial charge in [0.25, 0.3) is 0 Å². The molecule has 1 unspecified atom stereocenters. The second-order valence-corrected chi connectivity index (χ2v) is 4.09. The molecule has 4 heteroatoms. The number of halogens is 1. The van der Waals surface area contributed by atoms with Crippen molar-refractivity contribution >= 4 is 11.6 Å². The molecule has 0 aromatic carbocycles. The van der Waals surface area contributed by atoms with Crippen molar-refractivity contribution in [1.29, 1.82) is 0 Å². The standard InChI is InChI=1S/C10H13ClN2O/c1-13-9(8(11)7-12-13)10(14)5-3-2-4-6-10/h3,5,7,14H,2,4,6H2,1H3. The molecule has 1 heterocycles. The van der Waals surface area contributed by atoms with Crippen LogP contribution < -0.4 is 0 Å². The summed E-state index contributed by atoms with van der Waals surface area (Å²) < 4.78 is 1.64. The minimum Gasteiger partial charge on any atom is -0.379 e. The van der Waals surface area contributed by atoms with Gasteiger partial charge in [-0.1, -0.05) is 23.8 Å². The number of allylic oxidation sites excluding steroid dienone is 1. The molecule has 0 spiro atoms. The maximum atomic E-state index is 10.4. The van der Waals surface area contributed by atoms with E-state index in [0.717, 1.165) is 12.8 Å². The number of aromatic nitrogens is 2. The lowest BCUT2D eigenvalue weighted by atomic mass is 9.88. The van der Waals surface area contributed by atoms with Gasteiger partial charge in [-0.3, -0.25) is 4.68 Å². The van der Waals surface area contributed by atoms with Crippen molar-refractivity contribution in [2.75, 3.05) is 0 Å². The second-order valence-electron chi connectivity index (χ2n) is 3.68. The van der Waals surface area contributed by atoms with Gasteiger partial charge in [0.2, 0.25) is 0 Å². The van der Waals surface area contributed by atoms with Gasteiger partial charge >= 0.3 is 0 Å². The van der Waals surface area contributed by atoms with E-state index in [0.29, 0.717) is 17.1 Å². The summed E-state index contributed by atoms with van der Waals surface area (Å²) in [5.74, 6) is 0. The fourth-order valence-corrected chi connectivity index (χ4v) is 2.28. The highest BCUT2D eigenvalue weighted by Gasteiger charge is 2.32. The van der Waals surface area contributed by atoms with E-state index in [-0.39, 0.29) is 0 Å². The van der Waals surface area contributed by atoms with Gasteiger partial charge < -0.3 is 5.11 Å². The monoisotopic (exact) mass is 212 g/mol. The normalized spacial score (nSPS) is 26.8. The molecule has 0 radical (unpaired) electrons. The Hall–Kier alpha value is -0.800. The molecule has 1 aromatic heterocycles. The van der Waals surface area contributed by atoms with Crippen LogP contribution in [0, 0.1) is 0 Å². The number of rotatable bonds is 1. The number of hydrogen-bond acceptors (Lipinski definition) is 2. The van der Waals surface area contributed by atoms with Crippen molar-refractivity contribution in [3.63, 3.8) is 0 Å². The average Bonchev–Trinajstić information content (AvgIpc) is 2.48. The summed E-state index contributed by atoms with van der Waals surface area (Å²) in [6.07, 6.45) is 8.10. The number of aryl methyl sites for hydroxylation is 1. The summed E-state index contributed by atoms with van der Waals surface area (Å²) in [5.41, 5.74) is -0.240. The number of aliphatic hydroxyl groups is 1. The third kappa shape index (κ3) is 1.47. The van der Waals surface area contributed by atoms with Gasteiger partial charge in [-0.2, -0.15) is 5.10 Å². The fraction of sp³-hybridized carbons (Fsp3) is 0.500. The molecule has 0 bridgehead atoms. The highest BCUT2D eigenvalue weighted by Crippen LogP contribution is 2.35. The number of hydrogen-bond donors (Lipinski definition) is 1. The van der Waals surface area contributed by atoms with Crippen molar-refractivity contribution in [3.8, 4) is 0 Å². The van der Waals surface area contributed by atoms with Gasteiger partial charge in [0.05, 0.1) is 16.9 Å². The molecule has 0 aliphatic heterocycles. The predicted octanol–water partition coefficient (Wildman–Crippen LogP) is 2.00. The van der Waals surface area contributed by atoms with Crippen molar-refractivity contribution in [3.05, 3.63) is 29.1 Å². The molecule has 1 aromatic rings. The van der Waals surface area contributed by atoms with E-state index >= 15 is 0 Å². The zero-order chi connectivity index (χ0) is 10.2. The largest absolute Gasteiger partial charge is 0.379 e. The highest BCUT2D eigenvalue weighted by atomic mass is 35.5. The lowest BCUT2D eigenvalue weighted by molar-refractivity contribution is 0.0641. The van der Waals surface area contributed by atoms with Gasteiger partial charge in [0.15, 0.2) is 0 Å². The first-order valence-electron chi connectivity index (χ1n) is 4.71. The van der Waals surface area contributed by atoms with Crippen molar-refractivity contribution in [2.24, 2.45) is 7.05 Å². The van der Waals surface area contributed by atoms with Crippen LogP contribution in [0.25, 0.3) is 0 Å². The lowest BCUT2D eigenvalue weighted by Gasteiger charge is -2.27. The molecule has 1 N–H and O–H groups in total. The summed E-state index contributed by atoms with van der Waals surface area (Å²) in [4.78, 5) is 0. The third-order valence-electron chi connectivity index (χ3n) is 2.63. The van der Waals surface area contributed by atoms with Crippen LogP contribution in [-0.4, -0.2) is 14.9 Å². The van der Waals surface area contributed by atoms with Crippen LogP contribution in [0.3, 0.4) is 0 Å². The Balaban J connectivity index is 2.47. The van der Waals surface area contributed by atoms with Crippen molar-refractivity contribution < 1.29 is 5.11 Å². The first-order valence-corrected chi connectivity index (χ1v) is 5.09. The van der Waals surface area contributed by atoms with Crippen LogP contribution in [-0.2, 0) is 12.6 Å². The topological polar surface area (TPSA) is 38.0 Å². The predicted molar refractivity (Wildman–Crippen MR) is 55.1 cm³/mol. The molecule has 3 nitrogen and oxygen atoms in total. The van der Waals surface area contributed by atoms with Crippen LogP contribution in [0.15, 0.2) is 18.3 Å². The van der Waals surface area contributed by atoms with Gasteiger partial charge in [0.1, 0.15) is 5.60 Å². The minimum absolute atomic E-state index is 0.529. The van der Waals surface area contributed by atoms with E-state index in [4.69, 9.17) is 11.6 Å². The fourth-order valence-electron chi connectivity index (χ4n) is 1.95. The van der Waals surface area contributed by atoms with Gasteiger partial charge in [-0.15, -0.1) is 0 Å². The Morgan fingerprint density at radius 2 is 2.43 bits per heavy atom. The molecular weight excluding hydrogens is 200 g/mol. The molecule has 1 atom stereocenters. The molecule has 2 rings (SSSR count). The third-order valence-corrected chi connectivity index (χ3v) is 2.90. The molecule has 1 aliphatic carbocycles. The Bertz CT molecular complexity index is 353. The SMILES string of the molecule is Cn1ncc(Cl)c1C1(O)C=CCCC1. The first kappa shape index (κ1) is 9.74. The average molecular weight is 213 g/mol. The molecule has 0 saturated heterocycles. The van der Waals surface area contributed by atoms with E-state index in [1.54, 1.807) is 17.9 Å². The summed E-state index contributed by atoms with van der Waals surface area (Å²) in [6, 6.07) is 0. The molecular formula is C10H13ClN2O. The minimum atomic E-state index is -0.930. The van der Waals surface area contributed by atoms with Crippen molar-refractivity contribution in [1.82, 2.24) is 9.78 Å². The lowest BCUT2D eigenvalue weighted by Crippen LogP contribution is -2.28. The smallest absolute Gasteiger partial charge is 0.126 e. The van der Waals surface area contributed by atoms with Crippen LogP contribution in [0.2, 0.25) is 5.02 Å². The molecule has 14 heavy (non-hydrogen) atoms. The van der Waals surface area contributed by atoms with E-state index in [2.05, 4.69) is 5.10 Å². The zero-order valence-electron chi connectivity index (χ0n) is 8.07. The van der Waals surface area contributed by atoms with Crippen LogP contribution >= 0.6 is 11.6 Å². The second kappa shape index (κ2) is 3.41. The Morgan fingerprint density at radius 3 is 2.93 bits per heavy atom. The van der Waals surface area contributed by atoms with E-state index in [1.807, 2.05) is 12.2 Å². The Kier molecular flexibility index (Phi) is 2.37. The van der Waals surface area contributed by atoms with Gasteiger partial charge in [-0.05, 0) is 19.3 Å². The van der Waals surface area contributed by atoms with E-state index in [9.17, 15) is 5.11 Å². The highest BCUT2D eigenvalue weighted by molar-refractivity contribution is 6.31. The van der Waals surface area contributed by atoms with Gasteiger partial charge in [0, 0.05) is 7.05 Å². The summed E-state index contributed by atoms with van der Waals surface area (Å²) in [5, 5.41) is 14.9. The quantitative estimate of drug-likeness (QED) is 0.724. The molecule has 0 fully saturated rings. The van der Waals surface area contributed by atoms with Crippen LogP contribution in [0.4, 0.5) is 0 Å². The summed E-state index contributed by atoms with van der Waals surface area (Å²) in [6.45, 7) is 0. The maximum Gasteiger partial charge on any atom is 0.126 e. The van der Waals surface area contributed by atoms with Crippen molar-refractivity contribution in [2.45, 2.75) is 24.9 Å². The Morgan fingerprint density at radius 1 is 1.64 bits per heavy atom. The zero-order valence-corrected chi connectivity index (χ0v) is 8.83. The molecule has 1 aliphatic rings. The summed E-state index contributed by atoms with van der Waals surface area (Å²) in [7, 11) is 1.79. The van der Waals surface area contributed by atoms with Crippen LogP contribution in [0.5, 0.6) is 0 Å². The number of nitrogens with zero attached hydrogens (tertiary/aromatic N) is 2. The van der Waals surface area contributed by atoms with E-state index in [1.165, 1.54) is 0 Å². The molecule has 0 saturated carbocycles. The maximum absolute atomic E-state index is 10.4. The molecule has 76 valence electrons. The Labute approximate surface area is 88.0 Å². The summed E-state index contributed by atoms with van der Waals surface area (Å²) >= 11 is 5.99. The molecule has 0 amide bonds. The van der Waals surface area contributed by atoms with Crippen LogP contribution in [0.1, 0.15) is 25.0 Å². The first-order chi connectivity index (χ1) is 6.63.